The fourth-order valence-electron chi connectivity index (χ4n) is 2.29. The average molecular weight is 256 g/mol. The molecule has 0 aliphatic carbocycles. The molecule has 0 aromatic heterocycles. The lowest BCUT2D eigenvalue weighted by atomic mass is 9.80. The van der Waals surface area contributed by atoms with E-state index < -0.39 is 5.97 Å². The molecule has 0 rings (SSSR count). The number of rotatable bonds is 8. The Hall–Kier alpha value is -0.530. The molecular weight excluding hydrogens is 224 g/mol. The van der Waals surface area contributed by atoms with Gasteiger partial charge in [-0.2, -0.15) is 0 Å². The van der Waals surface area contributed by atoms with Crippen molar-refractivity contribution in [3.05, 3.63) is 0 Å². The zero-order valence-corrected chi connectivity index (χ0v) is 13.1. The minimum absolute atomic E-state index is 0.170. The third-order valence-electron chi connectivity index (χ3n) is 3.65. The zero-order chi connectivity index (χ0) is 14.3. The van der Waals surface area contributed by atoms with Crippen molar-refractivity contribution in [1.29, 1.82) is 0 Å². The van der Waals surface area contributed by atoms with Gasteiger partial charge in [-0.1, -0.05) is 54.4 Å². The van der Waals surface area contributed by atoms with Crippen LogP contribution in [0.3, 0.4) is 0 Å². The van der Waals surface area contributed by atoms with Gasteiger partial charge in [0.15, 0.2) is 0 Å². The van der Waals surface area contributed by atoms with Crippen LogP contribution in [0.15, 0.2) is 0 Å². The maximum Gasteiger partial charge on any atom is 0.306 e. The summed E-state index contributed by atoms with van der Waals surface area (Å²) in [6.45, 7) is 13.1. The summed E-state index contributed by atoms with van der Waals surface area (Å²) in [7, 11) is 0. The second-order valence-electron chi connectivity index (χ2n) is 7.35. The molecular formula is C16H32O2. The first-order valence-corrected chi connectivity index (χ1v) is 7.36. The molecule has 2 heteroatoms. The predicted molar refractivity (Wildman–Crippen MR) is 77.7 cm³/mol. The van der Waals surface area contributed by atoms with Crippen molar-refractivity contribution in [2.45, 2.75) is 73.6 Å². The Labute approximate surface area is 113 Å². The van der Waals surface area contributed by atoms with Crippen molar-refractivity contribution >= 4 is 5.97 Å². The lowest BCUT2D eigenvalue weighted by molar-refractivity contribution is -0.144. The van der Waals surface area contributed by atoms with E-state index in [0.717, 1.165) is 31.6 Å². The molecule has 0 fully saturated rings. The van der Waals surface area contributed by atoms with E-state index in [1.165, 1.54) is 6.42 Å². The molecule has 1 N–H and O–H groups in total. The Morgan fingerprint density at radius 1 is 1.06 bits per heavy atom. The Morgan fingerprint density at radius 2 is 1.61 bits per heavy atom. The predicted octanol–water partition coefficient (Wildman–Crippen LogP) is 4.98. The van der Waals surface area contributed by atoms with Gasteiger partial charge in [0, 0.05) is 0 Å². The van der Waals surface area contributed by atoms with Gasteiger partial charge in [0.25, 0.3) is 0 Å². The largest absolute Gasteiger partial charge is 0.481 e. The van der Waals surface area contributed by atoms with E-state index in [1.807, 2.05) is 0 Å². The molecule has 0 spiro atoms. The van der Waals surface area contributed by atoms with Crippen molar-refractivity contribution in [3.63, 3.8) is 0 Å². The summed E-state index contributed by atoms with van der Waals surface area (Å²) in [5, 5.41) is 9.35. The number of hydrogen-bond acceptors (Lipinski definition) is 1. The zero-order valence-electron chi connectivity index (χ0n) is 13.1. The minimum atomic E-state index is -0.615. The third-order valence-corrected chi connectivity index (χ3v) is 3.65. The number of hydrogen-bond donors (Lipinski definition) is 1. The molecule has 108 valence electrons. The van der Waals surface area contributed by atoms with Crippen molar-refractivity contribution in [2.75, 3.05) is 0 Å². The van der Waals surface area contributed by atoms with Crippen LogP contribution < -0.4 is 0 Å². The number of carboxylic acid groups (broad SMARTS) is 1. The Kier molecular flexibility index (Phi) is 7.58. The van der Waals surface area contributed by atoms with E-state index in [2.05, 4.69) is 41.5 Å². The molecule has 0 aromatic carbocycles. The van der Waals surface area contributed by atoms with Gasteiger partial charge in [0.1, 0.15) is 0 Å². The first kappa shape index (κ1) is 17.5. The molecule has 0 bridgehead atoms. The van der Waals surface area contributed by atoms with Gasteiger partial charge in [0.2, 0.25) is 0 Å². The van der Waals surface area contributed by atoms with Crippen LogP contribution in [0, 0.1) is 23.2 Å². The SMILES string of the molecule is CC(C)CCCC(C)C(CCC(C)(C)C)C(=O)O. The minimum Gasteiger partial charge on any atom is -0.481 e. The molecule has 0 aliphatic rings. The summed E-state index contributed by atoms with van der Waals surface area (Å²) in [5.41, 5.74) is 0.228. The van der Waals surface area contributed by atoms with Gasteiger partial charge in [0.05, 0.1) is 5.92 Å². The van der Waals surface area contributed by atoms with Crippen LogP contribution in [0.2, 0.25) is 0 Å². The molecule has 0 amide bonds. The highest BCUT2D eigenvalue weighted by Gasteiger charge is 2.26. The molecule has 2 nitrogen and oxygen atoms in total. The second-order valence-corrected chi connectivity index (χ2v) is 7.35. The van der Waals surface area contributed by atoms with Gasteiger partial charge < -0.3 is 5.11 Å². The van der Waals surface area contributed by atoms with Crippen molar-refractivity contribution < 1.29 is 9.90 Å². The van der Waals surface area contributed by atoms with Crippen molar-refractivity contribution in [3.8, 4) is 0 Å². The monoisotopic (exact) mass is 256 g/mol. The molecule has 2 atom stereocenters. The van der Waals surface area contributed by atoms with Gasteiger partial charge >= 0.3 is 5.97 Å². The molecule has 2 unspecified atom stereocenters. The first-order chi connectivity index (χ1) is 8.13. The van der Waals surface area contributed by atoms with Crippen LogP contribution in [-0.2, 0) is 4.79 Å². The van der Waals surface area contributed by atoms with Crippen molar-refractivity contribution in [1.82, 2.24) is 0 Å². The Balaban J connectivity index is 4.19. The molecule has 18 heavy (non-hydrogen) atoms. The summed E-state index contributed by atoms with van der Waals surface area (Å²) in [5.74, 6) is 0.228. The van der Waals surface area contributed by atoms with Crippen LogP contribution in [0.5, 0.6) is 0 Å². The van der Waals surface area contributed by atoms with Gasteiger partial charge in [-0.3, -0.25) is 4.79 Å². The number of carbonyl (C=O) groups is 1. The fraction of sp³-hybridized carbons (Fsp3) is 0.938. The highest BCUT2D eigenvalue weighted by Crippen LogP contribution is 2.29. The van der Waals surface area contributed by atoms with E-state index in [-0.39, 0.29) is 11.3 Å². The van der Waals surface area contributed by atoms with Crippen LogP contribution >= 0.6 is 0 Å². The van der Waals surface area contributed by atoms with E-state index in [4.69, 9.17) is 0 Å². The van der Waals surface area contributed by atoms with Crippen LogP contribution in [0.4, 0.5) is 0 Å². The summed E-state index contributed by atoms with van der Waals surface area (Å²) < 4.78 is 0. The molecule has 0 aromatic rings. The molecule has 0 saturated carbocycles. The van der Waals surface area contributed by atoms with E-state index in [0.29, 0.717) is 5.92 Å². The van der Waals surface area contributed by atoms with E-state index in [9.17, 15) is 9.90 Å². The first-order valence-electron chi connectivity index (χ1n) is 7.36. The van der Waals surface area contributed by atoms with Gasteiger partial charge in [-0.15, -0.1) is 0 Å². The van der Waals surface area contributed by atoms with Crippen molar-refractivity contribution in [2.24, 2.45) is 23.2 Å². The summed E-state index contributed by atoms with van der Waals surface area (Å²) in [6.07, 6.45) is 5.19. The normalized spacial score (nSPS) is 15.7. The molecule has 0 saturated heterocycles. The summed E-state index contributed by atoms with van der Waals surface area (Å²) in [4.78, 5) is 11.4. The maximum absolute atomic E-state index is 11.4. The number of carboxylic acids is 1. The Morgan fingerprint density at radius 3 is 2.00 bits per heavy atom. The Bertz CT molecular complexity index is 238. The lowest BCUT2D eigenvalue weighted by Crippen LogP contribution is -2.23. The van der Waals surface area contributed by atoms with Crippen LogP contribution in [0.1, 0.15) is 73.6 Å². The quantitative estimate of drug-likeness (QED) is 0.665. The maximum atomic E-state index is 11.4. The van der Waals surface area contributed by atoms with Crippen LogP contribution in [-0.4, -0.2) is 11.1 Å². The van der Waals surface area contributed by atoms with E-state index in [1.54, 1.807) is 0 Å². The van der Waals surface area contributed by atoms with E-state index >= 15 is 0 Å². The smallest absolute Gasteiger partial charge is 0.306 e. The third kappa shape index (κ3) is 8.54. The molecule has 0 heterocycles. The fourth-order valence-corrected chi connectivity index (χ4v) is 2.29. The highest BCUT2D eigenvalue weighted by atomic mass is 16.4. The standard InChI is InChI=1S/C16H32O2/c1-12(2)8-7-9-13(3)14(15(17)18)10-11-16(4,5)6/h12-14H,7-11H2,1-6H3,(H,17,18). The average Bonchev–Trinajstić information content (AvgIpc) is 2.14. The molecule has 0 aliphatic heterocycles. The highest BCUT2D eigenvalue weighted by molar-refractivity contribution is 5.70. The van der Waals surface area contributed by atoms with Gasteiger partial charge in [-0.05, 0) is 36.5 Å². The topological polar surface area (TPSA) is 37.3 Å². The summed E-state index contributed by atoms with van der Waals surface area (Å²) in [6, 6.07) is 0. The molecule has 0 radical (unpaired) electrons. The lowest BCUT2D eigenvalue weighted by Gasteiger charge is -2.25. The van der Waals surface area contributed by atoms with Crippen LogP contribution in [0.25, 0.3) is 0 Å². The number of aliphatic carboxylic acids is 1. The summed E-state index contributed by atoms with van der Waals surface area (Å²) >= 11 is 0. The van der Waals surface area contributed by atoms with Gasteiger partial charge in [-0.25, -0.2) is 0 Å². The second kappa shape index (κ2) is 7.81.